The summed E-state index contributed by atoms with van der Waals surface area (Å²) in [6.07, 6.45) is 0. The minimum atomic E-state index is -0.565. The monoisotopic (exact) mass is 168 g/mol. The van der Waals surface area contributed by atoms with Crippen molar-refractivity contribution < 1.29 is 0 Å². The highest BCUT2D eigenvalue weighted by Gasteiger charge is 2.15. The predicted molar refractivity (Wildman–Crippen MR) is 55.2 cm³/mol. The predicted octanol–water partition coefficient (Wildman–Crippen LogP) is 3.52. The summed E-state index contributed by atoms with van der Waals surface area (Å²) in [5, 5.41) is 2.86. The van der Waals surface area contributed by atoms with Crippen LogP contribution in [0.15, 0.2) is 11.5 Å². The lowest BCUT2D eigenvalue weighted by atomic mass is 10.3. The molecule has 0 aliphatic carbocycles. The minimum absolute atomic E-state index is 0.565. The third-order valence-electron chi connectivity index (χ3n) is 1.88. The third-order valence-corrected chi connectivity index (χ3v) is 5.64. The van der Waals surface area contributed by atoms with E-state index in [2.05, 4.69) is 39.2 Å². The lowest BCUT2D eigenvalue weighted by Crippen LogP contribution is -2.14. The van der Waals surface area contributed by atoms with Crippen LogP contribution >= 0.6 is 0 Å². The van der Waals surface area contributed by atoms with Gasteiger partial charge in [0.15, 0.2) is 0 Å². The van der Waals surface area contributed by atoms with Gasteiger partial charge in [-0.1, -0.05) is 50.1 Å². The van der Waals surface area contributed by atoms with Gasteiger partial charge in [-0.05, 0) is 0 Å². The van der Waals surface area contributed by atoms with E-state index in [0.717, 1.165) is 11.8 Å². The molecule has 0 fully saturated rings. The van der Waals surface area contributed by atoms with Crippen LogP contribution in [0, 0.1) is 11.8 Å². The topological polar surface area (TPSA) is 0 Å². The molecule has 0 unspecified atom stereocenters. The van der Waals surface area contributed by atoms with Gasteiger partial charge in [0.05, 0.1) is 0 Å². The Balaban J connectivity index is 3.67. The summed E-state index contributed by atoms with van der Waals surface area (Å²) in [6.45, 7) is 13.2. The number of hydrogen-bond donors (Lipinski definition) is 0. The zero-order valence-electron chi connectivity index (χ0n) is 8.43. The van der Waals surface area contributed by atoms with Gasteiger partial charge in [0.2, 0.25) is 0 Å². The molecule has 0 aliphatic heterocycles. The molecule has 1 heteroatoms. The number of rotatable bonds is 5. The van der Waals surface area contributed by atoms with E-state index in [1.54, 1.807) is 0 Å². The molecule has 0 radical (unpaired) electrons. The van der Waals surface area contributed by atoms with E-state index in [0.29, 0.717) is 0 Å². The fraction of sp³-hybridized carbons (Fsp3) is 0.800. The number of hydrogen-bond acceptors (Lipinski definition) is 0. The van der Waals surface area contributed by atoms with E-state index >= 15 is 0 Å². The zero-order chi connectivity index (χ0) is 8.85. The maximum Gasteiger partial charge on any atom is 0.294 e. The average molecular weight is 168 g/mol. The highest BCUT2D eigenvalue weighted by Crippen LogP contribution is 2.14. The Morgan fingerprint density at radius 2 is 1.45 bits per heavy atom. The van der Waals surface area contributed by atoms with Crippen molar-refractivity contribution in [2.75, 3.05) is 0 Å². The molecule has 0 aromatic carbocycles. The maximum atomic E-state index is 3.93. The molecule has 0 bridgehead atoms. The fourth-order valence-corrected chi connectivity index (χ4v) is 4.50. The Morgan fingerprint density at radius 3 is 1.64 bits per heavy atom. The first kappa shape index (κ1) is 11.3. The third kappa shape index (κ3) is 6.66. The van der Waals surface area contributed by atoms with Crippen LogP contribution in [0.25, 0.3) is 0 Å². The summed E-state index contributed by atoms with van der Waals surface area (Å²) < 4.78 is 0. The van der Waals surface area contributed by atoms with Gasteiger partial charge in [-0.2, -0.15) is 4.94 Å². The Kier molecular flexibility index (Phi) is 6.01. The molecular formula is C10H21Al. The summed E-state index contributed by atoms with van der Waals surface area (Å²) >= 11 is -0.565. The first-order valence-corrected chi connectivity index (χ1v) is 6.98. The molecule has 64 valence electrons. The SMILES string of the molecule is C=[CH][Al]([CH2]C(C)C)[CH2]C(C)C. The van der Waals surface area contributed by atoms with Crippen LogP contribution in [0.2, 0.25) is 10.6 Å². The molecule has 0 aromatic rings. The summed E-state index contributed by atoms with van der Waals surface area (Å²) in [5.74, 6) is 1.73. The second-order valence-corrected chi connectivity index (χ2v) is 7.19. The highest BCUT2D eigenvalue weighted by atomic mass is 27.2. The molecule has 0 aliphatic rings. The van der Waals surface area contributed by atoms with Gasteiger partial charge >= 0.3 is 0 Å². The standard InChI is InChI=1S/2C4H9.C2H3.Al/c2*1-4(2)3;1-2;/h2*4H,1H2,2-3H3;1H,2H2;. The molecule has 0 aromatic heterocycles. The molecule has 0 heterocycles. The van der Waals surface area contributed by atoms with Crippen molar-refractivity contribution in [3.8, 4) is 0 Å². The van der Waals surface area contributed by atoms with E-state index in [1.165, 1.54) is 10.6 Å². The van der Waals surface area contributed by atoms with Gasteiger partial charge in [-0.25, -0.2) is 0 Å². The van der Waals surface area contributed by atoms with Crippen molar-refractivity contribution in [1.82, 2.24) is 0 Å². The van der Waals surface area contributed by atoms with Crippen LogP contribution in [0.5, 0.6) is 0 Å². The van der Waals surface area contributed by atoms with E-state index in [-0.39, 0.29) is 0 Å². The summed E-state index contributed by atoms with van der Waals surface area (Å²) in [7, 11) is 0. The van der Waals surface area contributed by atoms with Gasteiger partial charge in [-0.15, -0.1) is 6.58 Å². The van der Waals surface area contributed by atoms with Crippen molar-refractivity contribution in [1.29, 1.82) is 0 Å². The molecule has 0 saturated heterocycles. The first-order chi connectivity index (χ1) is 5.06. The lowest BCUT2D eigenvalue weighted by Gasteiger charge is -2.11. The second-order valence-electron chi connectivity index (χ2n) is 4.25. The zero-order valence-corrected chi connectivity index (χ0v) is 9.59. The molecular weight excluding hydrogens is 147 g/mol. The minimum Gasteiger partial charge on any atom is -0.151 e. The second kappa shape index (κ2) is 5.86. The van der Waals surface area contributed by atoms with Crippen molar-refractivity contribution in [3.05, 3.63) is 11.5 Å². The van der Waals surface area contributed by atoms with Crippen LogP contribution in [0.3, 0.4) is 0 Å². The molecule has 0 amide bonds. The molecule has 0 nitrogen and oxygen atoms in total. The van der Waals surface area contributed by atoms with Gasteiger partial charge < -0.3 is 0 Å². The summed E-state index contributed by atoms with van der Waals surface area (Å²) in [5.41, 5.74) is 0. The Bertz CT molecular complexity index is 95.4. The van der Waals surface area contributed by atoms with Crippen molar-refractivity contribution in [2.24, 2.45) is 11.8 Å². The van der Waals surface area contributed by atoms with Crippen LogP contribution < -0.4 is 0 Å². The first-order valence-electron chi connectivity index (χ1n) is 4.68. The van der Waals surface area contributed by atoms with E-state index < -0.39 is 14.1 Å². The summed E-state index contributed by atoms with van der Waals surface area (Å²) in [4.78, 5) is 2.25. The van der Waals surface area contributed by atoms with E-state index in [1.807, 2.05) is 0 Å². The Morgan fingerprint density at radius 1 is 1.09 bits per heavy atom. The van der Waals surface area contributed by atoms with Gasteiger partial charge in [0.1, 0.15) is 0 Å². The van der Waals surface area contributed by atoms with Gasteiger partial charge in [0.25, 0.3) is 14.1 Å². The Hall–Kier alpha value is 0.272. The maximum absolute atomic E-state index is 3.93. The van der Waals surface area contributed by atoms with Crippen LogP contribution in [0.4, 0.5) is 0 Å². The highest BCUT2D eigenvalue weighted by molar-refractivity contribution is 6.64. The molecule has 0 atom stereocenters. The summed E-state index contributed by atoms with van der Waals surface area (Å²) in [6, 6.07) is 0. The van der Waals surface area contributed by atoms with Crippen LogP contribution in [0.1, 0.15) is 27.7 Å². The van der Waals surface area contributed by atoms with Gasteiger partial charge in [0, 0.05) is 0 Å². The smallest absolute Gasteiger partial charge is 0.151 e. The lowest BCUT2D eigenvalue weighted by molar-refractivity contribution is 0.694. The molecule has 0 saturated carbocycles. The molecule has 0 rings (SSSR count). The largest absolute Gasteiger partial charge is 0.294 e. The average Bonchev–Trinajstić information content (AvgIpc) is 1.84. The van der Waals surface area contributed by atoms with Crippen LogP contribution in [-0.4, -0.2) is 14.1 Å². The van der Waals surface area contributed by atoms with Crippen LogP contribution in [-0.2, 0) is 0 Å². The fourth-order valence-electron chi connectivity index (χ4n) is 1.50. The normalized spacial score (nSPS) is 10.7. The molecule has 0 N–H and O–H groups in total. The van der Waals surface area contributed by atoms with Gasteiger partial charge in [-0.3, -0.25) is 0 Å². The van der Waals surface area contributed by atoms with Crippen molar-refractivity contribution >= 4 is 14.1 Å². The Labute approximate surface area is 76.1 Å². The quantitative estimate of drug-likeness (QED) is 0.551. The molecule has 11 heavy (non-hydrogen) atoms. The molecule has 0 spiro atoms. The van der Waals surface area contributed by atoms with Crippen molar-refractivity contribution in [2.45, 2.75) is 38.3 Å². The van der Waals surface area contributed by atoms with E-state index in [9.17, 15) is 0 Å². The van der Waals surface area contributed by atoms with Crippen molar-refractivity contribution in [3.63, 3.8) is 0 Å². The van der Waals surface area contributed by atoms with E-state index in [4.69, 9.17) is 0 Å².